The molecule has 0 aliphatic heterocycles. The molecule has 0 N–H and O–H groups in total. The second-order valence-corrected chi connectivity index (χ2v) is 6.35. The van der Waals surface area contributed by atoms with E-state index in [1.165, 1.54) is 22.5 Å². The van der Waals surface area contributed by atoms with E-state index in [2.05, 4.69) is 82.7 Å². The van der Waals surface area contributed by atoms with Gasteiger partial charge in [-0.25, -0.2) is 4.98 Å². The van der Waals surface area contributed by atoms with E-state index < -0.39 is 0 Å². The minimum Gasteiger partial charge on any atom is -0.331 e. The van der Waals surface area contributed by atoms with Crippen molar-refractivity contribution in [2.24, 2.45) is 7.05 Å². The van der Waals surface area contributed by atoms with Gasteiger partial charge in [0.2, 0.25) is 0 Å². The third-order valence-corrected chi connectivity index (χ3v) is 3.80. The fourth-order valence-corrected chi connectivity index (χ4v) is 2.66. The van der Waals surface area contributed by atoms with Gasteiger partial charge >= 0.3 is 0 Å². The molecule has 0 spiro atoms. The Morgan fingerprint density at radius 2 is 1.57 bits per heavy atom. The van der Waals surface area contributed by atoms with Crippen LogP contribution >= 0.6 is 0 Å². The van der Waals surface area contributed by atoms with E-state index in [-0.39, 0.29) is 0 Å². The molecule has 112 valence electrons. The van der Waals surface area contributed by atoms with Gasteiger partial charge in [0.15, 0.2) is 0 Å². The lowest BCUT2D eigenvalue weighted by Crippen LogP contribution is -2.03. The van der Waals surface area contributed by atoms with Gasteiger partial charge in [-0.2, -0.15) is 0 Å². The van der Waals surface area contributed by atoms with Crippen LogP contribution in [0.3, 0.4) is 0 Å². The zero-order valence-corrected chi connectivity index (χ0v) is 14.0. The van der Waals surface area contributed by atoms with Gasteiger partial charge in [0.25, 0.3) is 0 Å². The molecule has 0 amide bonds. The summed E-state index contributed by atoms with van der Waals surface area (Å²) in [5.41, 5.74) is 5.05. The van der Waals surface area contributed by atoms with E-state index in [0.29, 0.717) is 11.8 Å². The summed E-state index contributed by atoms with van der Waals surface area (Å²) in [6.07, 6.45) is 4.25. The molecular formula is C19H26N2. The maximum Gasteiger partial charge on any atom is 0.132 e. The molecule has 0 saturated heterocycles. The van der Waals surface area contributed by atoms with Crippen LogP contribution in [0.15, 0.2) is 24.3 Å². The first-order valence-corrected chi connectivity index (χ1v) is 7.71. The second-order valence-electron chi connectivity index (χ2n) is 6.35. The Hall–Kier alpha value is -1.83. The number of hydrogen-bond acceptors (Lipinski definition) is 1. The zero-order chi connectivity index (χ0) is 15.6. The van der Waals surface area contributed by atoms with E-state index in [0.717, 1.165) is 5.82 Å². The summed E-state index contributed by atoms with van der Waals surface area (Å²) in [6.45, 7) is 11.0. The molecule has 1 aromatic carbocycles. The maximum atomic E-state index is 4.84. The summed E-state index contributed by atoms with van der Waals surface area (Å²) in [7, 11) is 2.11. The van der Waals surface area contributed by atoms with Gasteiger partial charge < -0.3 is 4.57 Å². The molecule has 2 nitrogen and oxygen atoms in total. The summed E-state index contributed by atoms with van der Waals surface area (Å²) in [5, 5.41) is 0. The average molecular weight is 282 g/mol. The van der Waals surface area contributed by atoms with Crippen molar-refractivity contribution in [2.45, 2.75) is 46.5 Å². The van der Waals surface area contributed by atoms with Crippen LogP contribution in [0.4, 0.5) is 0 Å². The summed E-state index contributed by atoms with van der Waals surface area (Å²) in [5.74, 6) is 1.97. The van der Waals surface area contributed by atoms with E-state index in [1.54, 1.807) is 0 Å². The SMILES string of the molecule is Cc1ccc(C=Cc2nc(C(C)C)c(C(C)C)n2C)cc1. The fraction of sp³-hybridized carbons (Fsp3) is 0.421. The van der Waals surface area contributed by atoms with E-state index in [4.69, 9.17) is 4.98 Å². The summed E-state index contributed by atoms with van der Waals surface area (Å²) >= 11 is 0. The van der Waals surface area contributed by atoms with Crippen molar-refractivity contribution in [3.05, 3.63) is 52.6 Å². The van der Waals surface area contributed by atoms with Crippen LogP contribution in [0.1, 0.15) is 67.9 Å². The first kappa shape index (κ1) is 15.6. The number of imidazole rings is 1. The van der Waals surface area contributed by atoms with E-state index >= 15 is 0 Å². The highest BCUT2D eigenvalue weighted by Gasteiger charge is 2.18. The van der Waals surface area contributed by atoms with Gasteiger partial charge in [0.1, 0.15) is 5.82 Å². The standard InChI is InChI=1S/C19H26N2/c1-13(2)18-19(14(3)4)21(6)17(20-18)12-11-16-9-7-15(5)8-10-16/h7-14H,1-6H3. The lowest BCUT2D eigenvalue weighted by molar-refractivity contribution is 0.706. The number of aromatic nitrogens is 2. The van der Waals surface area contributed by atoms with E-state index in [9.17, 15) is 0 Å². The molecule has 0 atom stereocenters. The molecule has 21 heavy (non-hydrogen) atoms. The monoisotopic (exact) mass is 282 g/mol. The minimum atomic E-state index is 0.454. The molecule has 0 aliphatic carbocycles. The second kappa shape index (κ2) is 6.30. The van der Waals surface area contributed by atoms with Gasteiger partial charge in [0, 0.05) is 12.7 Å². The summed E-state index contributed by atoms with van der Waals surface area (Å²) in [4.78, 5) is 4.84. The Labute approximate surface area is 128 Å². The van der Waals surface area contributed by atoms with Crippen LogP contribution in [0.25, 0.3) is 12.2 Å². The van der Waals surface area contributed by atoms with E-state index in [1.807, 2.05) is 0 Å². The smallest absolute Gasteiger partial charge is 0.132 e. The van der Waals surface area contributed by atoms with Gasteiger partial charge in [-0.15, -0.1) is 0 Å². The van der Waals surface area contributed by atoms with Crippen LogP contribution in [-0.4, -0.2) is 9.55 Å². The molecule has 0 unspecified atom stereocenters. The molecule has 0 aliphatic rings. The molecule has 0 bridgehead atoms. The molecule has 2 heteroatoms. The summed E-state index contributed by atoms with van der Waals surface area (Å²) < 4.78 is 2.23. The van der Waals surface area contributed by atoms with Crippen LogP contribution in [0.5, 0.6) is 0 Å². The minimum absolute atomic E-state index is 0.454. The van der Waals surface area contributed by atoms with Crippen LogP contribution < -0.4 is 0 Å². The number of hydrogen-bond donors (Lipinski definition) is 0. The lowest BCUT2D eigenvalue weighted by Gasteiger charge is -2.11. The highest BCUT2D eigenvalue weighted by molar-refractivity contribution is 5.67. The Morgan fingerprint density at radius 3 is 2.05 bits per heavy atom. The van der Waals surface area contributed by atoms with Crippen molar-refractivity contribution in [2.75, 3.05) is 0 Å². The van der Waals surface area contributed by atoms with Gasteiger partial charge in [-0.05, 0) is 30.4 Å². The van der Waals surface area contributed by atoms with Crippen molar-refractivity contribution in [3.63, 3.8) is 0 Å². The Balaban J connectivity index is 2.36. The predicted molar refractivity (Wildman–Crippen MR) is 91.5 cm³/mol. The Kier molecular flexibility index (Phi) is 4.66. The third-order valence-electron chi connectivity index (χ3n) is 3.80. The largest absolute Gasteiger partial charge is 0.331 e. The molecule has 0 radical (unpaired) electrons. The molecule has 0 fully saturated rings. The number of aryl methyl sites for hydroxylation is 1. The van der Waals surface area contributed by atoms with Crippen molar-refractivity contribution in [3.8, 4) is 0 Å². The highest BCUT2D eigenvalue weighted by atomic mass is 15.1. The van der Waals surface area contributed by atoms with Crippen LogP contribution in [-0.2, 0) is 7.05 Å². The molecule has 1 aromatic heterocycles. The normalized spacial score (nSPS) is 12.0. The Bertz CT molecular complexity index is 628. The van der Waals surface area contributed by atoms with Crippen LogP contribution in [0, 0.1) is 6.92 Å². The highest BCUT2D eigenvalue weighted by Crippen LogP contribution is 2.26. The topological polar surface area (TPSA) is 17.8 Å². The van der Waals surface area contributed by atoms with Crippen LogP contribution in [0.2, 0.25) is 0 Å². The average Bonchev–Trinajstić information content (AvgIpc) is 2.75. The zero-order valence-electron chi connectivity index (χ0n) is 14.0. The summed E-state index contributed by atoms with van der Waals surface area (Å²) in [6, 6.07) is 8.55. The van der Waals surface area contributed by atoms with Crippen molar-refractivity contribution in [1.82, 2.24) is 9.55 Å². The predicted octanol–water partition coefficient (Wildman–Crippen LogP) is 5.15. The maximum absolute atomic E-state index is 4.84. The Morgan fingerprint density at radius 1 is 0.952 bits per heavy atom. The first-order valence-electron chi connectivity index (χ1n) is 7.71. The first-order chi connectivity index (χ1) is 9.90. The quantitative estimate of drug-likeness (QED) is 0.758. The lowest BCUT2D eigenvalue weighted by atomic mass is 10.0. The van der Waals surface area contributed by atoms with Gasteiger partial charge in [-0.3, -0.25) is 0 Å². The van der Waals surface area contributed by atoms with Crippen molar-refractivity contribution < 1.29 is 0 Å². The fourth-order valence-electron chi connectivity index (χ4n) is 2.66. The number of nitrogens with zero attached hydrogens (tertiary/aromatic N) is 2. The molecule has 2 aromatic rings. The third kappa shape index (κ3) is 3.44. The molecule has 0 saturated carbocycles. The van der Waals surface area contributed by atoms with Gasteiger partial charge in [-0.1, -0.05) is 63.6 Å². The molecule has 2 rings (SSSR count). The molecule has 1 heterocycles. The van der Waals surface area contributed by atoms with Crippen molar-refractivity contribution >= 4 is 12.2 Å². The molecular weight excluding hydrogens is 256 g/mol. The number of benzene rings is 1. The van der Waals surface area contributed by atoms with Crippen molar-refractivity contribution in [1.29, 1.82) is 0 Å². The van der Waals surface area contributed by atoms with Gasteiger partial charge in [0.05, 0.1) is 5.69 Å². The number of rotatable bonds is 4.